The van der Waals surface area contributed by atoms with Crippen LogP contribution in [0.25, 0.3) is 10.9 Å². The SMILES string of the molecule is COc1ccc2[nH]cc(C3CCN(C(=O)COc4cccc5c4OC(C)(C)C5)CC3)c2c1. The van der Waals surface area contributed by atoms with Gasteiger partial charge in [-0.05, 0) is 62.4 Å². The summed E-state index contributed by atoms with van der Waals surface area (Å²) in [4.78, 5) is 18.1. The lowest BCUT2D eigenvalue weighted by Gasteiger charge is -2.32. The van der Waals surface area contributed by atoms with Crippen LogP contribution in [-0.2, 0) is 11.2 Å². The number of benzene rings is 2. The van der Waals surface area contributed by atoms with Gasteiger partial charge in [-0.3, -0.25) is 4.79 Å². The molecule has 0 atom stereocenters. The number of rotatable bonds is 5. The number of aromatic nitrogens is 1. The van der Waals surface area contributed by atoms with Crippen LogP contribution in [0, 0.1) is 0 Å². The van der Waals surface area contributed by atoms with E-state index < -0.39 is 0 Å². The molecule has 3 heterocycles. The number of carbonyl (C=O) groups is 1. The number of fused-ring (bicyclic) bond motifs is 2. The van der Waals surface area contributed by atoms with Gasteiger partial charge in [-0.1, -0.05) is 12.1 Å². The van der Waals surface area contributed by atoms with Gasteiger partial charge in [-0.2, -0.15) is 0 Å². The first-order valence-electron chi connectivity index (χ1n) is 11.3. The van der Waals surface area contributed by atoms with E-state index in [0.29, 0.717) is 11.7 Å². The highest BCUT2D eigenvalue weighted by Gasteiger charge is 2.32. The number of aromatic amines is 1. The number of H-pyrrole nitrogens is 1. The van der Waals surface area contributed by atoms with Crippen molar-refractivity contribution in [3.8, 4) is 17.2 Å². The predicted octanol–water partition coefficient (Wildman–Crippen LogP) is 4.68. The molecule has 1 saturated heterocycles. The Labute approximate surface area is 188 Å². The van der Waals surface area contributed by atoms with Crippen LogP contribution in [0.1, 0.15) is 43.7 Å². The van der Waals surface area contributed by atoms with Gasteiger partial charge in [-0.15, -0.1) is 0 Å². The van der Waals surface area contributed by atoms with Crippen molar-refractivity contribution in [3.05, 3.63) is 53.7 Å². The fourth-order valence-electron chi connectivity index (χ4n) is 4.96. The van der Waals surface area contributed by atoms with Crippen molar-refractivity contribution < 1.29 is 19.0 Å². The van der Waals surface area contributed by atoms with E-state index in [1.165, 1.54) is 10.9 Å². The molecule has 1 aromatic heterocycles. The maximum atomic E-state index is 12.8. The molecule has 0 bridgehead atoms. The number of nitrogens with one attached hydrogen (secondary N) is 1. The Kier molecular flexibility index (Phi) is 5.24. The highest BCUT2D eigenvalue weighted by Crippen LogP contribution is 2.42. The Morgan fingerprint density at radius 2 is 2.03 bits per heavy atom. The van der Waals surface area contributed by atoms with Gasteiger partial charge in [0.15, 0.2) is 18.1 Å². The van der Waals surface area contributed by atoms with Crippen molar-refractivity contribution in [2.24, 2.45) is 0 Å². The Morgan fingerprint density at radius 1 is 1.22 bits per heavy atom. The first-order chi connectivity index (χ1) is 15.4. The molecule has 0 radical (unpaired) electrons. The van der Waals surface area contributed by atoms with E-state index in [2.05, 4.69) is 43.2 Å². The smallest absolute Gasteiger partial charge is 0.260 e. The molecule has 3 aromatic rings. The second-order valence-corrected chi connectivity index (χ2v) is 9.38. The second kappa shape index (κ2) is 8.08. The molecule has 32 heavy (non-hydrogen) atoms. The quantitative estimate of drug-likeness (QED) is 0.634. The maximum Gasteiger partial charge on any atom is 0.260 e. The van der Waals surface area contributed by atoms with Crippen LogP contribution in [0.15, 0.2) is 42.6 Å². The van der Waals surface area contributed by atoms with Crippen molar-refractivity contribution in [2.75, 3.05) is 26.8 Å². The van der Waals surface area contributed by atoms with E-state index in [0.717, 1.165) is 54.9 Å². The number of hydrogen-bond donors (Lipinski definition) is 1. The molecule has 1 N–H and O–H groups in total. The van der Waals surface area contributed by atoms with Gasteiger partial charge in [0.25, 0.3) is 5.91 Å². The normalized spacial score (nSPS) is 17.8. The molecule has 1 amide bonds. The molecule has 2 aliphatic rings. The molecule has 5 rings (SSSR count). The summed E-state index contributed by atoms with van der Waals surface area (Å²) in [6.45, 7) is 5.64. The standard InChI is InChI=1S/C26H30N2O4/c1-26(2)14-18-5-4-6-23(25(18)32-26)31-16-24(29)28-11-9-17(10-12-28)21-15-27-22-8-7-19(30-3)13-20(21)22/h4-8,13,15,17,27H,9-12,14,16H2,1-3H3. The molecule has 0 saturated carbocycles. The number of methoxy groups -OCH3 is 1. The number of likely N-dealkylation sites (tertiary alicyclic amines) is 1. The molecule has 2 aliphatic heterocycles. The summed E-state index contributed by atoms with van der Waals surface area (Å²) < 4.78 is 17.3. The highest BCUT2D eigenvalue weighted by atomic mass is 16.5. The number of ether oxygens (including phenoxy) is 3. The zero-order chi connectivity index (χ0) is 22.3. The number of nitrogens with zero attached hydrogens (tertiary/aromatic N) is 1. The van der Waals surface area contributed by atoms with Crippen molar-refractivity contribution in [3.63, 3.8) is 0 Å². The van der Waals surface area contributed by atoms with Gasteiger partial charge in [0.05, 0.1) is 7.11 Å². The van der Waals surface area contributed by atoms with Gasteiger partial charge < -0.3 is 24.1 Å². The predicted molar refractivity (Wildman–Crippen MR) is 124 cm³/mol. The summed E-state index contributed by atoms with van der Waals surface area (Å²) in [6, 6.07) is 12.0. The zero-order valence-corrected chi connectivity index (χ0v) is 18.9. The topological polar surface area (TPSA) is 63.8 Å². The molecular weight excluding hydrogens is 404 g/mol. The Hall–Kier alpha value is -3.15. The maximum absolute atomic E-state index is 12.8. The number of piperidine rings is 1. The number of para-hydroxylation sites is 1. The van der Waals surface area contributed by atoms with Gasteiger partial charge in [0.2, 0.25) is 0 Å². The molecule has 6 heteroatoms. The van der Waals surface area contributed by atoms with Gasteiger partial charge in [0.1, 0.15) is 11.4 Å². The van der Waals surface area contributed by atoms with Crippen LogP contribution in [0.2, 0.25) is 0 Å². The molecular formula is C26H30N2O4. The van der Waals surface area contributed by atoms with E-state index in [9.17, 15) is 4.79 Å². The van der Waals surface area contributed by atoms with Gasteiger partial charge in [-0.25, -0.2) is 0 Å². The third-order valence-electron chi connectivity index (χ3n) is 6.61. The van der Waals surface area contributed by atoms with Crippen molar-refractivity contribution in [1.29, 1.82) is 0 Å². The molecule has 2 aromatic carbocycles. The average molecular weight is 435 g/mol. The Morgan fingerprint density at radius 3 is 2.81 bits per heavy atom. The molecule has 1 fully saturated rings. The van der Waals surface area contributed by atoms with Crippen LogP contribution < -0.4 is 14.2 Å². The fraction of sp³-hybridized carbons (Fsp3) is 0.423. The first-order valence-corrected chi connectivity index (χ1v) is 11.3. The van der Waals surface area contributed by atoms with Crippen molar-refractivity contribution in [1.82, 2.24) is 9.88 Å². The van der Waals surface area contributed by atoms with Crippen LogP contribution in [0.5, 0.6) is 17.2 Å². The molecule has 6 nitrogen and oxygen atoms in total. The Bertz CT molecular complexity index is 1140. The average Bonchev–Trinajstić information content (AvgIpc) is 3.36. The number of hydrogen-bond acceptors (Lipinski definition) is 4. The minimum Gasteiger partial charge on any atom is -0.497 e. The summed E-state index contributed by atoms with van der Waals surface area (Å²) >= 11 is 0. The minimum absolute atomic E-state index is 0.0268. The zero-order valence-electron chi connectivity index (χ0n) is 18.9. The van der Waals surface area contributed by atoms with E-state index in [-0.39, 0.29) is 18.1 Å². The molecule has 0 aliphatic carbocycles. The van der Waals surface area contributed by atoms with E-state index in [1.54, 1.807) is 7.11 Å². The summed E-state index contributed by atoms with van der Waals surface area (Å²) in [5.74, 6) is 2.75. The minimum atomic E-state index is -0.236. The van der Waals surface area contributed by atoms with Crippen molar-refractivity contribution >= 4 is 16.8 Å². The van der Waals surface area contributed by atoms with E-state index in [4.69, 9.17) is 14.2 Å². The third-order valence-corrected chi connectivity index (χ3v) is 6.61. The Balaban J connectivity index is 1.20. The van der Waals surface area contributed by atoms with Crippen LogP contribution in [-0.4, -0.2) is 48.2 Å². The lowest BCUT2D eigenvalue weighted by molar-refractivity contribution is -0.134. The van der Waals surface area contributed by atoms with Crippen molar-refractivity contribution in [2.45, 2.75) is 44.6 Å². The van der Waals surface area contributed by atoms with Crippen LogP contribution in [0.3, 0.4) is 0 Å². The highest BCUT2D eigenvalue weighted by molar-refractivity contribution is 5.85. The number of amides is 1. The van der Waals surface area contributed by atoms with Crippen LogP contribution in [0.4, 0.5) is 0 Å². The molecule has 0 unspecified atom stereocenters. The molecule has 0 spiro atoms. The van der Waals surface area contributed by atoms with Crippen LogP contribution >= 0.6 is 0 Å². The largest absolute Gasteiger partial charge is 0.497 e. The third kappa shape index (κ3) is 3.90. The lowest BCUT2D eigenvalue weighted by atomic mass is 9.89. The summed E-state index contributed by atoms with van der Waals surface area (Å²) in [5, 5.41) is 1.21. The first kappa shape index (κ1) is 20.7. The fourth-order valence-corrected chi connectivity index (χ4v) is 4.96. The van der Waals surface area contributed by atoms with Gasteiger partial charge in [0, 0.05) is 42.2 Å². The van der Waals surface area contributed by atoms with E-state index in [1.807, 2.05) is 23.1 Å². The summed E-state index contributed by atoms with van der Waals surface area (Å²) in [5.41, 5.74) is 3.33. The molecule has 168 valence electrons. The lowest BCUT2D eigenvalue weighted by Crippen LogP contribution is -2.40. The summed E-state index contributed by atoms with van der Waals surface area (Å²) in [6.07, 6.45) is 4.83. The second-order valence-electron chi connectivity index (χ2n) is 9.38. The monoisotopic (exact) mass is 434 g/mol. The van der Waals surface area contributed by atoms with Gasteiger partial charge >= 0.3 is 0 Å². The summed E-state index contributed by atoms with van der Waals surface area (Å²) in [7, 11) is 1.69. The number of carbonyl (C=O) groups excluding carboxylic acids is 1. The van der Waals surface area contributed by atoms with E-state index >= 15 is 0 Å².